The van der Waals surface area contributed by atoms with Crippen LogP contribution in [-0.4, -0.2) is 25.5 Å². The van der Waals surface area contributed by atoms with Crippen molar-refractivity contribution in [3.63, 3.8) is 0 Å². The van der Waals surface area contributed by atoms with Gasteiger partial charge in [0.1, 0.15) is 12.2 Å². The number of hydrogen-bond donors (Lipinski definition) is 1. The van der Waals surface area contributed by atoms with Gasteiger partial charge in [0.05, 0.1) is 28.3 Å². The van der Waals surface area contributed by atoms with E-state index in [2.05, 4.69) is 15.5 Å². The number of anilines is 1. The summed E-state index contributed by atoms with van der Waals surface area (Å²) in [5.41, 5.74) is 1.45. The second-order valence-corrected chi connectivity index (χ2v) is 6.01. The first kappa shape index (κ1) is 15.9. The number of hydrogen-bond acceptors (Lipinski definition) is 3. The maximum absolute atomic E-state index is 13.0. The second kappa shape index (κ2) is 5.92. The van der Waals surface area contributed by atoms with Crippen LogP contribution in [0.25, 0.3) is 0 Å². The second-order valence-electron chi connectivity index (χ2n) is 5.63. The minimum absolute atomic E-state index is 0.0205. The third-order valence-corrected chi connectivity index (χ3v) is 4.32. The molecule has 0 atom stereocenters. The van der Waals surface area contributed by atoms with Gasteiger partial charge in [0, 0.05) is 13.0 Å². The molecule has 9 heteroatoms. The normalized spacial score (nSPS) is 14.5. The van der Waals surface area contributed by atoms with E-state index in [9.17, 15) is 13.6 Å². The number of nitrogens with zero attached hydrogens (tertiary/aromatic N) is 4. The maximum Gasteiger partial charge on any atom is 0.283 e. The molecule has 23 heavy (non-hydrogen) atoms. The van der Waals surface area contributed by atoms with Crippen molar-refractivity contribution in [1.29, 1.82) is 0 Å². The van der Waals surface area contributed by atoms with Crippen LogP contribution in [0.1, 0.15) is 42.3 Å². The fourth-order valence-electron chi connectivity index (χ4n) is 2.43. The van der Waals surface area contributed by atoms with Crippen LogP contribution in [0.15, 0.2) is 6.20 Å². The highest BCUT2D eigenvalue weighted by atomic mass is 35.5. The summed E-state index contributed by atoms with van der Waals surface area (Å²) in [5.74, 6) is -0.251. The summed E-state index contributed by atoms with van der Waals surface area (Å²) in [6.45, 7) is 1.66. The predicted octanol–water partition coefficient (Wildman–Crippen LogP) is 3.03. The van der Waals surface area contributed by atoms with E-state index in [-0.39, 0.29) is 23.4 Å². The van der Waals surface area contributed by atoms with E-state index in [1.165, 1.54) is 10.9 Å². The van der Waals surface area contributed by atoms with Gasteiger partial charge >= 0.3 is 0 Å². The van der Waals surface area contributed by atoms with E-state index in [1.807, 2.05) is 6.92 Å². The van der Waals surface area contributed by atoms with Crippen molar-refractivity contribution in [2.45, 2.75) is 38.7 Å². The summed E-state index contributed by atoms with van der Waals surface area (Å²) in [5, 5.41) is 10.6. The minimum Gasteiger partial charge on any atom is -0.322 e. The van der Waals surface area contributed by atoms with Crippen molar-refractivity contribution in [3.8, 4) is 0 Å². The maximum atomic E-state index is 13.0. The Bertz CT molecular complexity index is 751. The highest BCUT2D eigenvalue weighted by Gasteiger charge is 2.34. The lowest BCUT2D eigenvalue weighted by Gasteiger charge is -2.08. The molecule has 0 spiro atoms. The van der Waals surface area contributed by atoms with E-state index >= 15 is 0 Å². The van der Waals surface area contributed by atoms with Crippen LogP contribution in [0.5, 0.6) is 0 Å². The molecule has 1 aliphatic rings. The molecule has 6 nitrogen and oxygen atoms in total. The number of nitrogens with one attached hydrogen (secondary N) is 1. The molecule has 1 N–H and O–H groups in total. The third kappa shape index (κ3) is 3.08. The van der Waals surface area contributed by atoms with Crippen molar-refractivity contribution < 1.29 is 13.6 Å². The molecule has 0 radical (unpaired) electrons. The van der Waals surface area contributed by atoms with Crippen LogP contribution in [0.2, 0.25) is 5.02 Å². The molecule has 0 saturated heterocycles. The van der Waals surface area contributed by atoms with Gasteiger partial charge in [0.25, 0.3) is 6.43 Å². The summed E-state index contributed by atoms with van der Waals surface area (Å²) >= 11 is 6.02. The van der Waals surface area contributed by atoms with Gasteiger partial charge in [0.15, 0.2) is 0 Å². The van der Waals surface area contributed by atoms with E-state index in [4.69, 9.17) is 11.6 Å². The third-order valence-electron chi connectivity index (χ3n) is 3.93. The standard InChI is InChI=1S/C14H16ClF2N5O/c1-7-9(5-18-21(7)2)19-10(23)6-22-13(8-3-4-8)11(15)12(20-22)14(16)17/h5,8,14H,3-4,6H2,1-2H3,(H,19,23). The molecule has 1 amide bonds. The van der Waals surface area contributed by atoms with Crippen LogP contribution in [0, 0.1) is 6.92 Å². The number of aromatic nitrogens is 4. The molecule has 2 heterocycles. The summed E-state index contributed by atoms with van der Waals surface area (Å²) in [7, 11) is 1.76. The predicted molar refractivity (Wildman–Crippen MR) is 80.7 cm³/mol. The summed E-state index contributed by atoms with van der Waals surface area (Å²) < 4.78 is 28.9. The van der Waals surface area contributed by atoms with Crippen LogP contribution < -0.4 is 5.32 Å². The molecular formula is C14H16ClF2N5O. The number of halogens is 3. The summed E-state index contributed by atoms with van der Waals surface area (Å²) in [6, 6.07) is 0. The van der Waals surface area contributed by atoms with Crippen molar-refractivity contribution in [2.75, 3.05) is 5.32 Å². The molecule has 3 rings (SSSR count). The lowest BCUT2D eigenvalue weighted by atomic mass is 10.2. The van der Waals surface area contributed by atoms with E-state index < -0.39 is 12.1 Å². The van der Waals surface area contributed by atoms with Gasteiger partial charge in [-0.1, -0.05) is 11.6 Å². The first-order chi connectivity index (χ1) is 10.9. The van der Waals surface area contributed by atoms with E-state index in [0.717, 1.165) is 18.5 Å². The van der Waals surface area contributed by atoms with Crippen LogP contribution in [0.4, 0.5) is 14.5 Å². The topological polar surface area (TPSA) is 64.7 Å². The van der Waals surface area contributed by atoms with Crippen molar-refractivity contribution in [3.05, 3.63) is 28.3 Å². The SMILES string of the molecule is Cc1c(NC(=O)Cn2nc(C(F)F)c(Cl)c2C2CC2)cnn1C. The van der Waals surface area contributed by atoms with Crippen LogP contribution in [-0.2, 0) is 18.4 Å². The fourth-order valence-corrected chi connectivity index (χ4v) is 2.80. The molecular weight excluding hydrogens is 328 g/mol. The van der Waals surface area contributed by atoms with E-state index in [1.54, 1.807) is 11.7 Å². The Morgan fingerprint density at radius 2 is 2.22 bits per heavy atom. The molecule has 0 unspecified atom stereocenters. The van der Waals surface area contributed by atoms with Gasteiger partial charge in [-0.05, 0) is 19.8 Å². The number of amides is 1. The lowest BCUT2D eigenvalue weighted by molar-refractivity contribution is -0.117. The Hall–Kier alpha value is -1.96. The molecule has 1 fully saturated rings. The summed E-state index contributed by atoms with van der Waals surface area (Å²) in [6.07, 6.45) is 0.523. The quantitative estimate of drug-likeness (QED) is 0.907. The Balaban J connectivity index is 1.80. The van der Waals surface area contributed by atoms with E-state index in [0.29, 0.717) is 11.4 Å². The van der Waals surface area contributed by atoms with Gasteiger partial charge in [-0.3, -0.25) is 14.2 Å². The minimum atomic E-state index is -2.76. The molecule has 0 aromatic carbocycles. The average molecular weight is 344 g/mol. The van der Waals surface area contributed by atoms with Gasteiger partial charge in [-0.25, -0.2) is 8.78 Å². The molecule has 1 aliphatic carbocycles. The Morgan fingerprint density at radius 3 is 2.74 bits per heavy atom. The van der Waals surface area contributed by atoms with Crippen LogP contribution in [0.3, 0.4) is 0 Å². The molecule has 1 saturated carbocycles. The Labute approximate surface area is 136 Å². The monoisotopic (exact) mass is 343 g/mol. The van der Waals surface area contributed by atoms with Crippen LogP contribution >= 0.6 is 11.6 Å². The number of carbonyl (C=O) groups is 1. The highest BCUT2D eigenvalue weighted by Crippen LogP contribution is 2.45. The van der Waals surface area contributed by atoms with Gasteiger partial charge in [-0.15, -0.1) is 0 Å². The number of carbonyl (C=O) groups excluding carboxylic acids is 1. The zero-order valence-corrected chi connectivity index (χ0v) is 13.4. The summed E-state index contributed by atoms with van der Waals surface area (Å²) in [4.78, 5) is 12.2. The zero-order chi connectivity index (χ0) is 16.7. The number of aryl methyl sites for hydroxylation is 1. The van der Waals surface area contributed by atoms with Gasteiger partial charge < -0.3 is 5.32 Å². The molecule has 124 valence electrons. The van der Waals surface area contributed by atoms with Gasteiger partial charge in [0.2, 0.25) is 5.91 Å². The molecule has 2 aromatic rings. The first-order valence-electron chi connectivity index (χ1n) is 7.21. The van der Waals surface area contributed by atoms with Crippen molar-refractivity contribution in [1.82, 2.24) is 19.6 Å². The Kier molecular flexibility index (Phi) is 4.09. The number of alkyl halides is 2. The van der Waals surface area contributed by atoms with Crippen molar-refractivity contribution in [2.24, 2.45) is 7.05 Å². The highest BCUT2D eigenvalue weighted by molar-refractivity contribution is 6.32. The van der Waals surface area contributed by atoms with Gasteiger partial charge in [-0.2, -0.15) is 10.2 Å². The smallest absolute Gasteiger partial charge is 0.283 e. The zero-order valence-electron chi connectivity index (χ0n) is 12.7. The largest absolute Gasteiger partial charge is 0.322 e. The first-order valence-corrected chi connectivity index (χ1v) is 7.59. The number of rotatable bonds is 5. The fraction of sp³-hybridized carbons (Fsp3) is 0.500. The average Bonchev–Trinajstić information content (AvgIpc) is 3.20. The van der Waals surface area contributed by atoms with Crippen molar-refractivity contribution >= 4 is 23.2 Å². The Morgan fingerprint density at radius 1 is 1.52 bits per heavy atom. The molecule has 2 aromatic heterocycles. The molecule has 0 aliphatic heterocycles. The molecule has 0 bridgehead atoms. The lowest BCUT2D eigenvalue weighted by Crippen LogP contribution is -2.21.